The van der Waals surface area contributed by atoms with Crippen LogP contribution < -0.4 is 4.74 Å². The summed E-state index contributed by atoms with van der Waals surface area (Å²) in [5.41, 5.74) is -1.80. The number of esters is 1. The number of carbonyl (C=O) groups excluding carboxylic acids is 1. The number of methoxy groups -OCH3 is 1. The summed E-state index contributed by atoms with van der Waals surface area (Å²) in [5.74, 6) is -1.60. The Morgan fingerprint density at radius 3 is 2.52 bits per heavy atom. The van der Waals surface area contributed by atoms with E-state index in [2.05, 4.69) is 36.8 Å². The molecule has 0 bridgehead atoms. The second-order valence-electron chi connectivity index (χ2n) is 7.15. The van der Waals surface area contributed by atoms with E-state index in [1.807, 2.05) is 19.9 Å². The zero-order valence-electron chi connectivity index (χ0n) is 15.9. The minimum Gasteiger partial charge on any atom is -0.468 e. The molecule has 0 aliphatic heterocycles. The number of allylic oxidation sites excluding steroid dienone is 1. The molecule has 8 heteroatoms. The molecule has 1 aliphatic carbocycles. The number of para-hydroxylation sites is 1. The number of pyridine rings is 1. The normalized spacial score (nSPS) is 21.6. The molecule has 2 atom stereocenters. The average molecular weight is 524 g/mol. The van der Waals surface area contributed by atoms with Gasteiger partial charge < -0.3 is 9.47 Å². The lowest BCUT2D eigenvalue weighted by Crippen LogP contribution is -2.30. The third-order valence-electron chi connectivity index (χ3n) is 5.37. The summed E-state index contributed by atoms with van der Waals surface area (Å²) in [6, 6.07) is 11.6. The van der Waals surface area contributed by atoms with E-state index in [1.165, 1.54) is 7.11 Å². The predicted molar refractivity (Wildman–Crippen MR) is 112 cm³/mol. The lowest BCUT2D eigenvalue weighted by Gasteiger charge is -2.20. The standard InChI is InChI=1S/C21H17Br2FN2O3/c1-20(2)15(10-16(22)23)21(20,19(27)28-3)17-12(11-25)9-14(24)18(26-17)29-13-7-5-4-6-8-13/h4-10,15H,1-3H3/t15-,21-/m1/s1. The minimum atomic E-state index is -1.26. The maximum atomic E-state index is 14.6. The third kappa shape index (κ3) is 3.47. The highest BCUT2D eigenvalue weighted by atomic mass is 79.9. The van der Waals surface area contributed by atoms with E-state index in [-0.39, 0.29) is 23.1 Å². The fourth-order valence-electron chi connectivity index (χ4n) is 3.89. The fraction of sp³-hybridized carbons (Fsp3) is 0.286. The quantitative estimate of drug-likeness (QED) is 0.478. The molecule has 0 radical (unpaired) electrons. The van der Waals surface area contributed by atoms with E-state index in [1.54, 1.807) is 36.4 Å². The molecule has 29 heavy (non-hydrogen) atoms. The number of benzene rings is 1. The second-order valence-corrected chi connectivity index (χ2v) is 9.93. The molecule has 0 N–H and O–H groups in total. The summed E-state index contributed by atoms with van der Waals surface area (Å²) < 4.78 is 25.9. The van der Waals surface area contributed by atoms with Gasteiger partial charge in [-0.2, -0.15) is 5.26 Å². The van der Waals surface area contributed by atoms with E-state index in [0.717, 1.165) is 6.07 Å². The molecule has 0 amide bonds. The van der Waals surface area contributed by atoms with Crippen molar-refractivity contribution in [2.75, 3.05) is 7.11 Å². The Balaban J connectivity index is 2.21. The zero-order chi connectivity index (χ0) is 21.4. The van der Waals surface area contributed by atoms with Gasteiger partial charge in [0, 0.05) is 5.92 Å². The molecule has 5 nitrogen and oxygen atoms in total. The number of rotatable bonds is 5. The Labute approximate surface area is 184 Å². The molecule has 0 unspecified atom stereocenters. The predicted octanol–water partition coefficient (Wildman–Crippen LogP) is 5.58. The van der Waals surface area contributed by atoms with Crippen LogP contribution in [0, 0.1) is 28.5 Å². The number of hydrogen-bond donors (Lipinski definition) is 0. The number of nitriles is 1. The summed E-state index contributed by atoms with van der Waals surface area (Å²) >= 11 is 6.65. The summed E-state index contributed by atoms with van der Waals surface area (Å²) in [6.07, 6.45) is 1.81. The number of hydrogen-bond acceptors (Lipinski definition) is 5. The SMILES string of the molecule is COC(=O)[C@]1(c2nc(Oc3ccccc3)c(F)cc2C#N)[C@H](C=C(Br)Br)C1(C)C. The molecule has 1 aliphatic rings. The number of aromatic nitrogens is 1. The van der Waals surface area contributed by atoms with Crippen LogP contribution in [0.25, 0.3) is 0 Å². The first-order valence-corrected chi connectivity index (χ1v) is 10.2. The highest BCUT2D eigenvalue weighted by Crippen LogP contribution is 2.71. The lowest BCUT2D eigenvalue weighted by molar-refractivity contribution is -0.145. The minimum absolute atomic E-state index is 0.0389. The summed E-state index contributed by atoms with van der Waals surface area (Å²) in [7, 11) is 1.28. The largest absolute Gasteiger partial charge is 0.468 e. The summed E-state index contributed by atoms with van der Waals surface area (Å²) in [6.45, 7) is 3.75. The highest BCUT2D eigenvalue weighted by Gasteiger charge is 2.78. The van der Waals surface area contributed by atoms with Crippen LogP contribution in [0.5, 0.6) is 11.6 Å². The summed E-state index contributed by atoms with van der Waals surface area (Å²) in [5, 5.41) is 9.62. The van der Waals surface area contributed by atoms with Crippen molar-refractivity contribution in [3.05, 3.63) is 62.9 Å². The van der Waals surface area contributed by atoms with Crippen molar-refractivity contribution in [1.29, 1.82) is 5.26 Å². The molecule has 2 aromatic rings. The van der Waals surface area contributed by atoms with Gasteiger partial charge in [0.25, 0.3) is 5.88 Å². The van der Waals surface area contributed by atoms with Crippen LogP contribution in [-0.2, 0) is 14.9 Å². The van der Waals surface area contributed by atoms with Gasteiger partial charge in [0.05, 0.1) is 21.8 Å². The summed E-state index contributed by atoms with van der Waals surface area (Å²) in [4.78, 5) is 17.3. The molecule has 0 saturated heterocycles. The number of ether oxygens (including phenoxy) is 2. The average Bonchev–Trinajstić information content (AvgIpc) is 3.17. The van der Waals surface area contributed by atoms with Gasteiger partial charge in [-0.05, 0) is 55.5 Å². The van der Waals surface area contributed by atoms with Crippen molar-refractivity contribution >= 4 is 37.8 Å². The number of carbonyl (C=O) groups is 1. The van der Waals surface area contributed by atoms with E-state index in [4.69, 9.17) is 9.47 Å². The van der Waals surface area contributed by atoms with Crippen molar-refractivity contribution in [3.8, 4) is 17.7 Å². The molecule has 0 spiro atoms. The smallest absolute Gasteiger partial charge is 0.319 e. The molecular formula is C21H17Br2FN2O3. The third-order valence-corrected chi connectivity index (χ3v) is 5.90. The molecule has 1 saturated carbocycles. The molecule has 1 aromatic carbocycles. The topological polar surface area (TPSA) is 72.2 Å². The fourth-order valence-corrected chi connectivity index (χ4v) is 4.42. The van der Waals surface area contributed by atoms with Crippen LogP contribution in [0.4, 0.5) is 4.39 Å². The van der Waals surface area contributed by atoms with Crippen LogP contribution in [-0.4, -0.2) is 18.1 Å². The highest BCUT2D eigenvalue weighted by molar-refractivity contribution is 9.28. The Hall–Kier alpha value is -2.24. The number of nitrogens with zero attached hydrogens (tertiary/aromatic N) is 2. The van der Waals surface area contributed by atoms with Crippen LogP contribution in [0.3, 0.4) is 0 Å². The molecule has 3 rings (SSSR count). The van der Waals surface area contributed by atoms with Crippen molar-refractivity contribution in [2.45, 2.75) is 19.3 Å². The van der Waals surface area contributed by atoms with E-state index < -0.39 is 22.6 Å². The lowest BCUT2D eigenvalue weighted by atomic mass is 9.88. The van der Waals surface area contributed by atoms with Gasteiger partial charge in [-0.25, -0.2) is 9.37 Å². The van der Waals surface area contributed by atoms with Gasteiger partial charge >= 0.3 is 5.97 Å². The van der Waals surface area contributed by atoms with Crippen LogP contribution in [0.2, 0.25) is 0 Å². The molecule has 150 valence electrons. The van der Waals surface area contributed by atoms with Crippen LogP contribution in [0.1, 0.15) is 25.1 Å². The van der Waals surface area contributed by atoms with E-state index >= 15 is 0 Å². The van der Waals surface area contributed by atoms with Gasteiger partial charge in [-0.1, -0.05) is 38.1 Å². The van der Waals surface area contributed by atoms with Crippen LogP contribution in [0.15, 0.2) is 45.9 Å². The van der Waals surface area contributed by atoms with E-state index in [0.29, 0.717) is 9.14 Å². The van der Waals surface area contributed by atoms with Crippen molar-refractivity contribution in [1.82, 2.24) is 4.98 Å². The zero-order valence-corrected chi connectivity index (χ0v) is 19.0. The first-order valence-electron chi connectivity index (χ1n) is 8.65. The van der Waals surface area contributed by atoms with Crippen LogP contribution >= 0.6 is 31.9 Å². The van der Waals surface area contributed by atoms with Gasteiger partial charge in [0.2, 0.25) is 0 Å². The molecule has 1 aromatic heterocycles. The second kappa shape index (κ2) is 7.88. The van der Waals surface area contributed by atoms with Gasteiger partial charge in [-0.15, -0.1) is 0 Å². The van der Waals surface area contributed by atoms with Crippen molar-refractivity contribution in [2.24, 2.45) is 11.3 Å². The molecule has 1 heterocycles. The maximum absolute atomic E-state index is 14.6. The van der Waals surface area contributed by atoms with Crippen molar-refractivity contribution in [3.63, 3.8) is 0 Å². The van der Waals surface area contributed by atoms with Crippen molar-refractivity contribution < 1.29 is 18.7 Å². The first-order chi connectivity index (χ1) is 13.7. The number of halogens is 3. The molecule has 1 fully saturated rings. The monoisotopic (exact) mass is 522 g/mol. The Morgan fingerprint density at radius 1 is 1.31 bits per heavy atom. The Kier molecular flexibility index (Phi) is 5.84. The Bertz CT molecular complexity index is 1030. The van der Waals surface area contributed by atoms with Gasteiger partial charge in [0.15, 0.2) is 5.82 Å². The molecular weight excluding hydrogens is 507 g/mol. The van der Waals surface area contributed by atoms with Gasteiger partial charge in [-0.3, -0.25) is 4.79 Å². The Morgan fingerprint density at radius 2 is 1.97 bits per heavy atom. The maximum Gasteiger partial charge on any atom is 0.319 e. The van der Waals surface area contributed by atoms with Gasteiger partial charge in [0.1, 0.15) is 17.2 Å². The first kappa shape index (κ1) is 21.5. The van der Waals surface area contributed by atoms with E-state index in [9.17, 15) is 14.4 Å².